The average molecular weight is 192 g/mol. The molecule has 1 fully saturated rings. The molecule has 0 radical (unpaired) electrons. The van der Waals surface area contributed by atoms with E-state index >= 15 is 0 Å². The molecule has 1 unspecified atom stereocenters. The van der Waals surface area contributed by atoms with E-state index in [9.17, 15) is 0 Å². The van der Waals surface area contributed by atoms with Crippen LogP contribution < -0.4 is 5.43 Å². The lowest BCUT2D eigenvalue weighted by Gasteiger charge is -2.31. The summed E-state index contributed by atoms with van der Waals surface area (Å²) in [6.07, 6.45) is 2.23. The van der Waals surface area contributed by atoms with Gasteiger partial charge >= 0.3 is 0 Å². The summed E-state index contributed by atoms with van der Waals surface area (Å²) >= 11 is 0. The highest BCUT2D eigenvalue weighted by atomic mass is 17.1. The topological polar surface area (TPSA) is 33.7 Å². The van der Waals surface area contributed by atoms with Crippen molar-refractivity contribution in [3.8, 4) is 0 Å². The van der Waals surface area contributed by atoms with Crippen LogP contribution >= 0.6 is 0 Å². The molecule has 1 aromatic rings. The standard InChI is InChI=1S/C10H12N2O2/c1-2-4-9-8(3-1)5-6-10(9)11-12-13-7-14-12/h1-4,10-11H,5-7H2. The zero-order chi connectivity index (χ0) is 9.38. The van der Waals surface area contributed by atoms with Crippen molar-refractivity contribution in [3.05, 3.63) is 35.4 Å². The molecule has 1 aliphatic carbocycles. The summed E-state index contributed by atoms with van der Waals surface area (Å²) in [4.78, 5) is 10.0. The Morgan fingerprint density at radius 3 is 2.93 bits per heavy atom. The van der Waals surface area contributed by atoms with E-state index in [4.69, 9.17) is 9.68 Å². The molecule has 4 heteroatoms. The molecular formula is C10H12N2O2. The first kappa shape index (κ1) is 8.38. The van der Waals surface area contributed by atoms with Gasteiger partial charge in [0.25, 0.3) is 0 Å². The zero-order valence-corrected chi connectivity index (χ0v) is 7.77. The SMILES string of the molecule is c1ccc2c(c1)CCC2NN1OCO1. The molecule has 4 nitrogen and oxygen atoms in total. The number of hydrogen-bond donors (Lipinski definition) is 1. The maximum absolute atomic E-state index is 5.01. The summed E-state index contributed by atoms with van der Waals surface area (Å²) in [6.45, 7) is 0.349. The van der Waals surface area contributed by atoms with Gasteiger partial charge in [-0.3, -0.25) is 0 Å². The van der Waals surface area contributed by atoms with Crippen molar-refractivity contribution in [2.24, 2.45) is 0 Å². The monoisotopic (exact) mass is 192 g/mol. The summed E-state index contributed by atoms with van der Waals surface area (Å²) in [6, 6.07) is 8.80. The van der Waals surface area contributed by atoms with Crippen LogP contribution in [0, 0.1) is 0 Å². The summed E-state index contributed by atoms with van der Waals surface area (Å²) in [5.41, 5.74) is 5.94. The van der Waals surface area contributed by atoms with Crippen LogP contribution in [0.3, 0.4) is 0 Å². The predicted molar refractivity (Wildman–Crippen MR) is 49.5 cm³/mol. The van der Waals surface area contributed by atoms with E-state index in [1.54, 1.807) is 0 Å². The molecule has 2 aliphatic rings. The van der Waals surface area contributed by atoms with Crippen molar-refractivity contribution < 1.29 is 9.68 Å². The Labute approximate surface area is 82.3 Å². The van der Waals surface area contributed by atoms with Crippen LogP contribution in [-0.4, -0.2) is 12.1 Å². The van der Waals surface area contributed by atoms with Crippen LogP contribution in [0.15, 0.2) is 24.3 Å². The molecule has 0 spiro atoms. The van der Waals surface area contributed by atoms with Gasteiger partial charge < -0.3 is 0 Å². The Balaban J connectivity index is 1.76. The normalized spacial score (nSPS) is 25.9. The number of nitrogens with zero attached hydrogens (tertiary/aromatic N) is 1. The molecule has 74 valence electrons. The van der Waals surface area contributed by atoms with Gasteiger partial charge in [-0.05, 0) is 24.0 Å². The van der Waals surface area contributed by atoms with Crippen molar-refractivity contribution in [3.63, 3.8) is 0 Å². The molecular weight excluding hydrogens is 180 g/mol. The fourth-order valence-corrected chi connectivity index (χ4v) is 2.00. The molecule has 0 bridgehead atoms. The third kappa shape index (κ3) is 1.33. The molecule has 1 atom stereocenters. The molecule has 14 heavy (non-hydrogen) atoms. The van der Waals surface area contributed by atoms with Gasteiger partial charge in [0.15, 0.2) is 6.79 Å². The van der Waals surface area contributed by atoms with Gasteiger partial charge in [-0.1, -0.05) is 24.3 Å². The van der Waals surface area contributed by atoms with Crippen molar-refractivity contribution in [1.82, 2.24) is 10.8 Å². The van der Waals surface area contributed by atoms with E-state index < -0.39 is 0 Å². The van der Waals surface area contributed by atoms with Crippen molar-refractivity contribution in [2.45, 2.75) is 18.9 Å². The van der Waals surface area contributed by atoms with Crippen LogP contribution in [0.5, 0.6) is 0 Å². The molecule has 0 aromatic heterocycles. The maximum atomic E-state index is 5.01. The molecule has 1 N–H and O–H groups in total. The second kappa shape index (κ2) is 3.33. The second-order valence-electron chi connectivity index (χ2n) is 3.55. The van der Waals surface area contributed by atoms with Crippen molar-refractivity contribution >= 4 is 0 Å². The Kier molecular flexibility index (Phi) is 1.99. The highest BCUT2D eigenvalue weighted by Gasteiger charge is 2.27. The number of benzene rings is 1. The minimum atomic E-state index is 0.325. The molecule has 0 amide bonds. The fraction of sp³-hybridized carbons (Fsp3) is 0.400. The predicted octanol–water partition coefficient (Wildman–Crippen LogP) is 1.31. The Morgan fingerprint density at radius 1 is 1.29 bits per heavy atom. The Morgan fingerprint density at radius 2 is 2.14 bits per heavy atom. The van der Waals surface area contributed by atoms with E-state index in [1.807, 2.05) is 0 Å². The van der Waals surface area contributed by atoms with E-state index in [1.165, 1.54) is 16.5 Å². The van der Waals surface area contributed by atoms with Gasteiger partial charge in [0.05, 0.1) is 6.04 Å². The van der Waals surface area contributed by atoms with Gasteiger partial charge in [0, 0.05) is 5.34 Å². The Bertz CT molecular complexity index is 339. The van der Waals surface area contributed by atoms with Crippen LogP contribution in [-0.2, 0) is 16.1 Å². The lowest BCUT2D eigenvalue weighted by Crippen LogP contribution is -2.48. The minimum absolute atomic E-state index is 0.325. The summed E-state index contributed by atoms with van der Waals surface area (Å²) < 4.78 is 0. The van der Waals surface area contributed by atoms with E-state index in [-0.39, 0.29) is 0 Å². The third-order valence-electron chi connectivity index (χ3n) is 2.73. The van der Waals surface area contributed by atoms with Gasteiger partial charge in [-0.2, -0.15) is 5.43 Å². The lowest BCUT2D eigenvalue weighted by atomic mass is 10.1. The van der Waals surface area contributed by atoms with Gasteiger partial charge in [0.1, 0.15) is 0 Å². The molecule has 1 aromatic carbocycles. The van der Waals surface area contributed by atoms with Crippen molar-refractivity contribution in [1.29, 1.82) is 0 Å². The third-order valence-corrected chi connectivity index (χ3v) is 2.73. The van der Waals surface area contributed by atoms with E-state index in [0.29, 0.717) is 12.8 Å². The molecule has 3 rings (SSSR count). The molecule has 1 saturated heterocycles. The first-order valence-electron chi connectivity index (χ1n) is 4.83. The van der Waals surface area contributed by atoms with Crippen LogP contribution in [0.25, 0.3) is 0 Å². The first-order chi connectivity index (χ1) is 6.93. The maximum Gasteiger partial charge on any atom is 0.195 e. The number of aryl methyl sites for hydroxylation is 1. The van der Waals surface area contributed by atoms with E-state index in [0.717, 1.165) is 12.8 Å². The number of nitrogens with one attached hydrogen (secondary N) is 1. The van der Waals surface area contributed by atoms with Crippen LogP contribution in [0.4, 0.5) is 0 Å². The number of rotatable bonds is 2. The van der Waals surface area contributed by atoms with Gasteiger partial charge in [0.2, 0.25) is 0 Å². The molecule has 1 heterocycles. The largest absolute Gasteiger partial charge is 0.229 e. The smallest absolute Gasteiger partial charge is 0.195 e. The minimum Gasteiger partial charge on any atom is -0.229 e. The van der Waals surface area contributed by atoms with Gasteiger partial charge in [-0.25, -0.2) is 9.68 Å². The number of fused-ring (bicyclic) bond motifs is 1. The van der Waals surface area contributed by atoms with Gasteiger partial charge in [-0.15, -0.1) is 0 Å². The van der Waals surface area contributed by atoms with Crippen LogP contribution in [0.2, 0.25) is 0 Å². The zero-order valence-electron chi connectivity index (χ0n) is 7.77. The highest BCUT2D eigenvalue weighted by molar-refractivity contribution is 5.34. The fourth-order valence-electron chi connectivity index (χ4n) is 2.00. The quantitative estimate of drug-likeness (QED) is 0.766. The number of hydrazine groups is 1. The summed E-state index contributed by atoms with van der Waals surface area (Å²) in [5, 5.41) is 1.34. The summed E-state index contributed by atoms with van der Waals surface area (Å²) in [7, 11) is 0. The highest BCUT2D eigenvalue weighted by Crippen LogP contribution is 2.31. The number of hydrogen-bond acceptors (Lipinski definition) is 4. The van der Waals surface area contributed by atoms with E-state index in [2.05, 4.69) is 29.7 Å². The second-order valence-corrected chi connectivity index (χ2v) is 3.55. The summed E-state index contributed by atoms with van der Waals surface area (Å²) in [5.74, 6) is 0. The lowest BCUT2D eigenvalue weighted by molar-refractivity contribution is -0.544. The average Bonchev–Trinajstić information content (AvgIpc) is 2.55. The Hall–Kier alpha value is -0.940. The van der Waals surface area contributed by atoms with Crippen LogP contribution in [0.1, 0.15) is 23.6 Å². The first-order valence-corrected chi connectivity index (χ1v) is 4.83. The van der Waals surface area contributed by atoms with Crippen molar-refractivity contribution in [2.75, 3.05) is 6.79 Å². The molecule has 0 saturated carbocycles. The molecule has 1 aliphatic heterocycles.